The van der Waals surface area contributed by atoms with Crippen molar-refractivity contribution in [1.82, 2.24) is 9.29 Å². The summed E-state index contributed by atoms with van der Waals surface area (Å²) < 4.78 is 39.2. The summed E-state index contributed by atoms with van der Waals surface area (Å²) in [4.78, 5) is 5.04. The van der Waals surface area contributed by atoms with E-state index >= 15 is 0 Å². The Bertz CT molecular complexity index is 779. The summed E-state index contributed by atoms with van der Waals surface area (Å²) in [5.74, 6) is -0.482. The molecule has 0 atom stereocenters. The number of rotatable bonds is 6. The van der Waals surface area contributed by atoms with E-state index in [2.05, 4.69) is 4.98 Å². The number of sulfonamides is 1. The summed E-state index contributed by atoms with van der Waals surface area (Å²) in [5, 5.41) is 0.641. The predicted octanol–water partition coefficient (Wildman–Crippen LogP) is 4.06. The highest BCUT2D eigenvalue weighted by atomic mass is 35.5. The first-order chi connectivity index (χ1) is 10.9. The van der Waals surface area contributed by atoms with Crippen LogP contribution in [0.25, 0.3) is 0 Å². The monoisotopic (exact) mass is 374 g/mol. The normalized spacial score (nSPS) is 11.9. The van der Waals surface area contributed by atoms with Crippen molar-refractivity contribution in [3.63, 3.8) is 0 Å². The van der Waals surface area contributed by atoms with Gasteiger partial charge in [-0.2, -0.15) is 4.31 Å². The van der Waals surface area contributed by atoms with E-state index in [1.54, 1.807) is 26.0 Å². The quantitative estimate of drug-likeness (QED) is 0.765. The van der Waals surface area contributed by atoms with Crippen molar-refractivity contribution < 1.29 is 12.8 Å². The fourth-order valence-corrected chi connectivity index (χ4v) is 4.40. The van der Waals surface area contributed by atoms with Crippen LogP contribution in [0.3, 0.4) is 0 Å². The molecule has 0 N–H and O–H groups in total. The molecule has 2 aromatic rings. The van der Waals surface area contributed by atoms with Gasteiger partial charge in [0.1, 0.15) is 15.7 Å². The molecule has 0 spiro atoms. The minimum Gasteiger partial charge on any atom is -0.248 e. The van der Waals surface area contributed by atoms with E-state index in [0.29, 0.717) is 18.1 Å². The molecule has 4 nitrogen and oxygen atoms in total. The van der Waals surface area contributed by atoms with Crippen LogP contribution in [-0.2, 0) is 10.0 Å². The van der Waals surface area contributed by atoms with Crippen LogP contribution in [0.15, 0.2) is 51.3 Å². The highest BCUT2D eigenvalue weighted by molar-refractivity contribution is 7.99. The van der Waals surface area contributed by atoms with Gasteiger partial charge in [0.25, 0.3) is 0 Å². The van der Waals surface area contributed by atoms with Gasteiger partial charge in [0.05, 0.1) is 5.02 Å². The van der Waals surface area contributed by atoms with Crippen molar-refractivity contribution in [2.75, 3.05) is 13.1 Å². The van der Waals surface area contributed by atoms with Gasteiger partial charge >= 0.3 is 0 Å². The van der Waals surface area contributed by atoms with Crippen molar-refractivity contribution in [2.45, 2.75) is 28.7 Å². The molecule has 0 aliphatic rings. The average Bonchev–Trinajstić information content (AvgIpc) is 2.52. The van der Waals surface area contributed by atoms with E-state index in [-0.39, 0.29) is 9.92 Å². The minimum atomic E-state index is -3.51. The van der Waals surface area contributed by atoms with Crippen molar-refractivity contribution in [1.29, 1.82) is 0 Å². The number of pyridine rings is 1. The summed E-state index contributed by atoms with van der Waals surface area (Å²) in [6, 6.07) is 7.52. The maximum Gasteiger partial charge on any atom is 0.244 e. The lowest BCUT2D eigenvalue weighted by molar-refractivity contribution is 0.445. The number of aromatic nitrogens is 1. The zero-order valence-electron chi connectivity index (χ0n) is 12.7. The minimum absolute atomic E-state index is 0.0377. The lowest BCUT2D eigenvalue weighted by atomic mass is 10.3. The molecule has 8 heteroatoms. The van der Waals surface area contributed by atoms with Crippen LogP contribution in [0.1, 0.15) is 13.8 Å². The largest absolute Gasteiger partial charge is 0.248 e. The SMILES string of the molecule is CCN(CC)S(=O)(=O)c1ccc(Sc2ccc(F)c(Cl)c2)nc1. The Morgan fingerprint density at radius 3 is 2.43 bits per heavy atom. The van der Waals surface area contributed by atoms with Crippen molar-refractivity contribution >= 4 is 33.4 Å². The number of benzene rings is 1. The van der Waals surface area contributed by atoms with E-state index in [1.165, 1.54) is 40.5 Å². The van der Waals surface area contributed by atoms with Crippen molar-refractivity contribution in [3.8, 4) is 0 Å². The Labute approximate surface area is 144 Å². The lowest BCUT2D eigenvalue weighted by Gasteiger charge is -2.18. The molecular weight excluding hydrogens is 359 g/mol. The van der Waals surface area contributed by atoms with Gasteiger partial charge in [-0.15, -0.1) is 0 Å². The van der Waals surface area contributed by atoms with E-state index in [9.17, 15) is 12.8 Å². The lowest BCUT2D eigenvalue weighted by Crippen LogP contribution is -2.30. The van der Waals surface area contributed by atoms with Crippen molar-refractivity contribution in [3.05, 3.63) is 47.4 Å². The molecule has 0 aliphatic heterocycles. The molecule has 0 fully saturated rings. The third kappa shape index (κ3) is 4.23. The fraction of sp³-hybridized carbons (Fsp3) is 0.267. The second kappa shape index (κ2) is 7.61. The first kappa shape index (κ1) is 18.2. The standard InChI is InChI=1S/C15H16ClFN2O2S2/c1-3-19(4-2)23(20,21)12-6-8-15(18-10-12)22-11-5-7-14(17)13(16)9-11/h5-10H,3-4H2,1-2H3. The maximum absolute atomic E-state index is 13.1. The van der Waals surface area contributed by atoms with Crippen molar-refractivity contribution in [2.24, 2.45) is 0 Å². The first-order valence-corrected chi connectivity index (χ1v) is 9.61. The summed E-state index contributed by atoms with van der Waals surface area (Å²) in [5.41, 5.74) is 0. The topological polar surface area (TPSA) is 50.3 Å². The third-order valence-electron chi connectivity index (χ3n) is 3.17. The molecule has 0 saturated carbocycles. The number of hydrogen-bond acceptors (Lipinski definition) is 4. The Kier molecular flexibility index (Phi) is 6.02. The molecule has 0 amide bonds. The van der Waals surface area contributed by atoms with E-state index in [1.807, 2.05) is 0 Å². The zero-order chi connectivity index (χ0) is 17.0. The average molecular weight is 375 g/mol. The van der Waals surface area contributed by atoms with Gasteiger partial charge in [-0.1, -0.05) is 37.2 Å². The summed E-state index contributed by atoms with van der Waals surface area (Å²) in [6.45, 7) is 4.39. The third-order valence-corrected chi connectivity index (χ3v) is 6.43. The summed E-state index contributed by atoms with van der Waals surface area (Å²) in [6.07, 6.45) is 1.33. The van der Waals surface area contributed by atoms with Crippen LogP contribution in [0.4, 0.5) is 4.39 Å². The second-order valence-corrected chi connectivity index (χ2v) is 8.04. The smallest absolute Gasteiger partial charge is 0.244 e. The number of nitrogens with zero attached hydrogens (tertiary/aromatic N) is 2. The van der Waals surface area contributed by atoms with E-state index < -0.39 is 15.8 Å². The molecule has 1 aromatic carbocycles. The van der Waals surface area contributed by atoms with Gasteiger partial charge < -0.3 is 0 Å². The molecule has 1 heterocycles. The van der Waals surface area contributed by atoms with E-state index in [4.69, 9.17) is 11.6 Å². The maximum atomic E-state index is 13.1. The van der Waals surface area contributed by atoms with Crippen LogP contribution < -0.4 is 0 Å². The van der Waals surface area contributed by atoms with Gasteiger partial charge in [-0.05, 0) is 30.3 Å². The molecule has 0 bridgehead atoms. The molecule has 23 heavy (non-hydrogen) atoms. The van der Waals surface area contributed by atoms with Gasteiger partial charge in [-0.25, -0.2) is 17.8 Å². The number of halogens is 2. The van der Waals surface area contributed by atoms with Crippen LogP contribution in [0.5, 0.6) is 0 Å². The molecular formula is C15H16ClFN2O2S2. The predicted molar refractivity (Wildman–Crippen MR) is 89.9 cm³/mol. The Balaban J connectivity index is 2.21. The highest BCUT2D eigenvalue weighted by Crippen LogP contribution is 2.29. The molecule has 0 radical (unpaired) electrons. The Morgan fingerprint density at radius 2 is 1.91 bits per heavy atom. The highest BCUT2D eigenvalue weighted by Gasteiger charge is 2.21. The molecule has 1 aromatic heterocycles. The molecule has 0 saturated heterocycles. The van der Waals surface area contributed by atoms with Gasteiger partial charge in [0.15, 0.2) is 0 Å². The van der Waals surface area contributed by atoms with Crippen LogP contribution in [0, 0.1) is 5.82 Å². The molecule has 124 valence electrons. The van der Waals surface area contributed by atoms with Crippen LogP contribution >= 0.6 is 23.4 Å². The second-order valence-electron chi connectivity index (χ2n) is 4.60. The molecule has 0 unspecified atom stereocenters. The molecule has 0 aliphatic carbocycles. The molecule has 2 rings (SSSR count). The zero-order valence-corrected chi connectivity index (χ0v) is 15.1. The fourth-order valence-electron chi connectivity index (χ4n) is 1.95. The Morgan fingerprint density at radius 1 is 1.22 bits per heavy atom. The van der Waals surface area contributed by atoms with Gasteiger partial charge in [0.2, 0.25) is 10.0 Å². The first-order valence-electron chi connectivity index (χ1n) is 6.97. The van der Waals surface area contributed by atoms with Gasteiger partial charge in [-0.3, -0.25) is 0 Å². The number of hydrogen-bond donors (Lipinski definition) is 0. The summed E-state index contributed by atoms with van der Waals surface area (Å²) in [7, 11) is -3.51. The summed E-state index contributed by atoms with van der Waals surface area (Å²) >= 11 is 7.02. The van der Waals surface area contributed by atoms with Crippen LogP contribution in [0.2, 0.25) is 5.02 Å². The van der Waals surface area contributed by atoms with Gasteiger partial charge in [0, 0.05) is 24.2 Å². The van der Waals surface area contributed by atoms with E-state index in [0.717, 1.165) is 4.90 Å². The Hall–Kier alpha value is -1.15. The van der Waals surface area contributed by atoms with Crippen LogP contribution in [-0.4, -0.2) is 30.8 Å².